The monoisotopic (exact) mass is 410 g/mol. The number of aromatic nitrogens is 1. The maximum Gasteiger partial charge on any atom is 0.281 e. The quantitative estimate of drug-likeness (QED) is 0.646. The summed E-state index contributed by atoms with van der Waals surface area (Å²) in [6.45, 7) is 4.63. The molecule has 1 saturated heterocycles. The standard InChI is InChI=1S/C21H22N4O3S/c1-14-19(29-21(22-14)25-8-10-28-11-9-25)20(27)24-23-18(26)13-15-6-7-16-4-2-3-5-17(16)12-15/h2-7,12H,8-11,13H2,1H3,(H,23,26)(H,24,27). The van der Waals surface area contributed by atoms with Crippen molar-refractivity contribution in [2.24, 2.45) is 0 Å². The molecule has 3 aromatic rings. The van der Waals surface area contributed by atoms with Crippen LogP contribution in [0.15, 0.2) is 42.5 Å². The number of amides is 2. The third-order valence-corrected chi connectivity index (χ3v) is 5.98. The number of morpholine rings is 1. The normalized spacial score (nSPS) is 14.0. The summed E-state index contributed by atoms with van der Waals surface area (Å²) < 4.78 is 5.35. The van der Waals surface area contributed by atoms with Crippen LogP contribution in [0.25, 0.3) is 10.8 Å². The second-order valence-corrected chi connectivity index (χ2v) is 7.85. The number of hydrazine groups is 1. The average Bonchev–Trinajstić information content (AvgIpc) is 3.14. The summed E-state index contributed by atoms with van der Waals surface area (Å²) in [5, 5.41) is 3.01. The molecule has 1 fully saturated rings. The number of nitrogens with one attached hydrogen (secondary N) is 2. The van der Waals surface area contributed by atoms with Crippen molar-refractivity contribution in [1.82, 2.24) is 15.8 Å². The Hall–Kier alpha value is -2.97. The van der Waals surface area contributed by atoms with Crippen molar-refractivity contribution in [2.45, 2.75) is 13.3 Å². The van der Waals surface area contributed by atoms with E-state index in [-0.39, 0.29) is 18.2 Å². The summed E-state index contributed by atoms with van der Waals surface area (Å²) in [6.07, 6.45) is 0.186. The minimum Gasteiger partial charge on any atom is -0.378 e. The molecule has 7 nitrogen and oxygen atoms in total. The molecule has 0 bridgehead atoms. The van der Waals surface area contributed by atoms with Crippen LogP contribution in [-0.4, -0.2) is 43.1 Å². The van der Waals surface area contributed by atoms with Gasteiger partial charge in [-0.25, -0.2) is 4.98 Å². The van der Waals surface area contributed by atoms with Crippen LogP contribution in [0.3, 0.4) is 0 Å². The maximum atomic E-state index is 12.5. The first kappa shape index (κ1) is 19.4. The van der Waals surface area contributed by atoms with E-state index in [1.807, 2.05) is 42.5 Å². The smallest absolute Gasteiger partial charge is 0.281 e. The topological polar surface area (TPSA) is 83.6 Å². The van der Waals surface area contributed by atoms with Crippen LogP contribution in [0.1, 0.15) is 20.9 Å². The van der Waals surface area contributed by atoms with Gasteiger partial charge in [0.05, 0.1) is 25.3 Å². The number of benzene rings is 2. The Kier molecular flexibility index (Phi) is 5.73. The van der Waals surface area contributed by atoms with Gasteiger partial charge in [0.1, 0.15) is 4.88 Å². The van der Waals surface area contributed by atoms with Gasteiger partial charge in [-0.1, -0.05) is 53.8 Å². The molecule has 8 heteroatoms. The summed E-state index contributed by atoms with van der Waals surface area (Å²) in [6, 6.07) is 13.9. The molecule has 2 amide bonds. The number of carbonyl (C=O) groups excluding carboxylic acids is 2. The van der Waals surface area contributed by atoms with Crippen molar-refractivity contribution in [1.29, 1.82) is 0 Å². The van der Waals surface area contributed by atoms with Crippen molar-refractivity contribution < 1.29 is 14.3 Å². The SMILES string of the molecule is Cc1nc(N2CCOCC2)sc1C(=O)NNC(=O)Cc1ccc2ccccc2c1. The number of nitrogens with zero attached hydrogens (tertiary/aromatic N) is 2. The Morgan fingerprint density at radius 1 is 1.10 bits per heavy atom. The molecule has 0 saturated carbocycles. The number of hydrogen-bond acceptors (Lipinski definition) is 6. The zero-order chi connectivity index (χ0) is 20.2. The molecule has 0 unspecified atom stereocenters. The molecule has 29 heavy (non-hydrogen) atoms. The van der Waals surface area contributed by atoms with E-state index in [0.29, 0.717) is 23.8 Å². The molecule has 0 aliphatic carbocycles. The van der Waals surface area contributed by atoms with Gasteiger partial charge in [0, 0.05) is 13.1 Å². The summed E-state index contributed by atoms with van der Waals surface area (Å²) in [5.74, 6) is -0.629. The molecule has 0 atom stereocenters. The fourth-order valence-electron chi connectivity index (χ4n) is 3.24. The maximum absolute atomic E-state index is 12.5. The number of fused-ring (bicyclic) bond motifs is 1. The van der Waals surface area contributed by atoms with Crippen molar-refractivity contribution in [3.8, 4) is 0 Å². The van der Waals surface area contributed by atoms with Crippen LogP contribution in [-0.2, 0) is 16.0 Å². The number of hydrogen-bond donors (Lipinski definition) is 2. The second-order valence-electron chi connectivity index (χ2n) is 6.87. The first-order valence-electron chi connectivity index (χ1n) is 9.47. The highest BCUT2D eigenvalue weighted by atomic mass is 32.1. The predicted molar refractivity (Wildman–Crippen MR) is 113 cm³/mol. The van der Waals surface area contributed by atoms with Gasteiger partial charge in [-0.3, -0.25) is 20.4 Å². The van der Waals surface area contributed by atoms with Crippen molar-refractivity contribution in [3.05, 3.63) is 58.6 Å². The lowest BCUT2D eigenvalue weighted by molar-refractivity contribution is -0.121. The Bertz CT molecular complexity index is 1040. The van der Waals surface area contributed by atoms with E-state index in [1.54, 1.807) is 6.92 Å². The second kappa shape index (κ2) is 8.59. The fourth-order valence-corrected chi connectivity index (χ4v) is 4.26. The molecule has 0 radical (unpaired) electrons. The third-order valence-electron chi connectivity index (χ3n) is 4.77. The molecular weight excluding hydrogens is 388 g/mol. The van der Waals surface area contributed by atoms with Gasteiger partial charge >= 0.3 is 0 Å². The van der Waals surface area contributed by atoms with Crippen LogP contribution in [0.4, 0.5) is 5.13 Å². The van der Waals surface area contributed by atoms with Gasteiger partial charge in [0.25, 0.3) is 5.91 Å². The third kappa shape index (κ3) is 4.55. The number of carbonyl (C=O) groups is 2. The van der Waals surface area contributed by atoms with Gasteiger partial charge in [0.2, 0.25) is 5.91 Å². The first-order valence-corrected chi connectivity index (χ1v) is 10.3. The van der Waals surface area contributed by atoms with Crippen molar-refractivity contribution in [2.75, 3.05) is 31.2 Å². The van der Waals surface area contributed by atoms with E-state index in [9.17, 15) is 9.59 Å². The van der Waals surface area contributed by atoms with E-state index in [1.165, 1.54) is 11.3 Å². The minimum absolute atomic E-state index is 0.186. The summed E-state index contributed by atoms with van der Waals surface area (Å²) >= 11 is 1.33. The largest absolute Gasteiger partial charge is 0.378 e. The van der Waals surface area contributed by atoms with E-state index >= 15 is 0 Å². The number of rotatable bonds is 4. The number of ether oxygens (including phenoxy) is 1. The lowest BCUT2D eigenvalue weighted by Crippen LogP contribution is -2.42. The summed E-state index contributed by atoms with van der Waals surface area (Å²) in [7, 11) is 0. The van der Waals surface area contributed by atoms with Crippen molar-refractivity contribution in [3.63, 3.8) is 0 Å². The van der Waals surface area contributed by atoms with E-state index in [0.717, 1.165) is 34.6 Å². The lowest BCUT2D eigenvalue weighted by atomic mass is 10.1. The van der Waals surface area contributed by atoms with Crippen LogP contribution < -0.4 is 15.8 Å². The zero-order valence-electron chi connectivity index (χ0n) is 16.1. The van der Waals surface area contributed by atoms with Gasteiger partial charge in [-0.05, 0) is 23.3 Å². The van der Waals surface area contributed by atoms with E-state index in [2.05, 4.69) is 20.7 Å². The minimum atomic E-state index is -0.355. The molecule has 2 N–H and O–H groups in total. The van der Waals surface area contributed by atoms with Gasteiger partial charge < -0.3 is 9.64 Å². The molecule has 0 spiro atoms. The Labute approximate surface area is 172 Å². The van der Waals surface area contributed by atoms with Crippen LogP contribution >= 0.6 is 11.3 Å². The number of thiazole rings is 1. The predicted octanol–water partition coefficient (Wildman–Crippen LogP) is 2.45. The molecular formula is C21H22N4O3S. The highest BCUT2D eigenvalue weighted by Gasteiger charge is 2.20. The van der Waals surface area contributed by atoms with E-state index < -0.39 is 0 Å². The van der Waals surface area contributed by atoms with Gasteiger partial charge in [-0.2, -0.15) is 0 Å². The zero-order valence-corrected chi connectivity index (χ0v) is 16.9. The molecule has 1 aliphatic rings. The Morgan fingerprint density at radius 3 is 2.66 bits per heavy atom. The van der Waals surface area contributed by atoms with Crippen LogP contribution in [0.5, 0.6) is 0 Å². The number of aryl methyl sites for hydroxylation is 1. The molecule has 4 rings (SSSR count). The van der Waals surface area contributed by atoms with Crippen LogP contribution in [0, 0.1) is 6.92 Å². The highest BCUT2D eigenvalue weighted by molar-refractivity contribution is 7.17. The average molecular weight is 410 g/mol. The molecule has 1 aliphatic heterocycles. The molecule has 150 valence electrons. The fraction of sp³-hybridized carbons (Fsp3) is 0.286. The van der Waals surface area contributed by atoms with Gasteiger partial charge in [0.15, 0.2) is 5.13 Å². The Balaban J connectivity index is 1.35. The van der Waals surface area contributed by atoms with Crippen LogP contribution in [0.2, 0.25) is 0 Å². The Morgan fingerprint density at radius 2 is 1.86 bits per heavy atom. The molecule has 2 aromatic carbocycles. The van der Waals surface area contributed by atoms with E-state index in [4.69, 9.17) is 4.74 Å². The first-order chi connectivity index (χ1) is 14.1. The highest BCUT2D eigenvalue weighted by Crippen LogP contribution is 2.26. The molecule has 1 aromatic heterocycles. The summed E-state index contributed by atoms with van der Waals surface area (Å²) in [4.78, 5) is 31.9. The number of anilines is 1. The molecule has 2 heterocycles. The summed E-state index contributed by atoms with van der Waals surface area (Å²) in [5.41, 5.74) is 6.54. The van der Waals surface area contributed by atoms with Gasteiger partial charge in [-0.15, -0.1) is 0 Å². The lowest BCUT2D eigenvalue weighted by Gasteiger charge is -2.25. The van der Waals surface area contributed by atoms with Crippen molar-refractivity contribution >= 4 is 39.1 Å².